The predicted octanol–water partition coefficient (Wildman–Crippen LogP) is 6.38. The molecule has 0 nitrogen and oxygen atoms in total. The number of hydrogen-bond acceptors (Lipinski definition) is 0. The van der Waals surface area contributed by atoms with Crippen LogP contribution in [-0.2, 0) is 0 Å². The molecular weight excluding hydrogens is 296 g/mol. The fraction of sp³-hybridized carbons (Fsp3) is 0.444. The zero-order valence-corrected chi connectivity index (χ0v) is 13.3. The topological polar surface area (TPSA) is 0 Å². The molecule has 19 heavy (non-hydrogen) atoms. The van der Waals surface area contributed by atoms with Gasteiger partial charge >= 0.3 is 0 Å². The van der Waals surface area contributed by atoms with Crippen molar-refractivity contribution in [1.29, 1.82) is 0 Å². The third kappa shape index (κ3) is 4.99. The van der Waals surface area contributed by atoms with Gasteiger partial charge in [-0.25, -0.2) is 0 Å². The van der Waals surface area contributed by atoms with Gasteiger partial charge in [-0.15, -0.1) is 0 Å². The van der Waals surface area contributed by atoms with Gasteiger partial charge in [0.2, 0.25) is 0 Å². The lowest BCUT2D eigenvalue weighted by atomic mass is 9.86. The van der Waals surface area contributed by atoms with E-state index in [0.29, 0.717) is 0 Å². The summed E-state index contributed by atoms with van der Waals surface area (Å²) in [7, 11) is 0. The van der Waals surface area contributed by atoms with E-state index in [4.69, 9.17) is 0 Å². The van der Waals surface area contributed by atoms with Crippen molar-refractivity contribution in [2.45, 2.75) is 45.4 Å². The molecule has 2 rings (SSSR count). The Kier molecular flexibility index (Phi) is 5.91. The van der Waals surface area contributed by atoms with Gasteiger partial charge in [-0.2, -0.15) is 0 Å². The third-order valence-corrected chi connectivity index (χ3v) is 4.41. The van der Waals surface area contributed by atoms with E-state index < -0.39 is 0 Å². The lowest BCUT2D eigenvalue weighted by Gasteiger charge is -2.20. The van der Waals surface area contributed by atoms with Crippen molar-refractivity contribution in [3.05, 3.63) is 52.0 Å². The van der Waals surface area contributed by atoms with Crippen LogP contribution in [0.3, 0.4) is 0 Å². The van der Waals surface area contributed by atoms with E-state index in [-0.39, 0.29) is 0 Å². The van der Waals surface area contributed by atoms with E-state index in [9.17, 15) is 0 Å². The fourth-order valence-electron chi connectivity index (χ4n) is 2.59. The highest BCUT2D eigenvalue weighted by atomic mass is 79.9. The van der Waals surface area contributed by atoms with E-state index in [0.717, 1.165) is 10.4 Å². The van der Waals surface area contributed by atoms with E-state index in [1.807, 2.05) is 0 Å². The molecule has 0 amide bonds. The standard InChI is InChI=1S/C18H23Br/c1-2-3-4-15-5-7-16(8-6-15)9-10-17-11-13-18(19)14-12-17/h7,9-15H,2-6,8H2,1H3/b10-9+. The molecule has 1 atom stereocenters. The number of rotatable bonds is 5. The number of allylic oxidation sites excluding steroid dienone is 3. The van der Waals surface area contributed by atoms with E-state index >= 15 is 0 Å². The molecular formula is C18H23Br. The molecule has 1 aliphatic rings. The molecule has 1 aromatic rings. The number of unbranched alkanes of at least 4 members (excludes halogenated alkanes) is 1. The molecule has 0 aliphatic heterocycles. The molecule has 0 N–H and O–H groups in total. The van der Waals surface area contributed by atoms with Crippen LogP contribution in [0.5, 0.6) is 0 Å². The molecule has 0 fully saturated rings. The molecule has 102 valence electrons. The summed E-state index contributed by atoms with van der Waals surface area (Å²) in [6.45, 7) is 2.28. The van der Waals surface area contributed by atoms with Gasteiger partial charge in [0.25, 0.3) is 0 Å². The van der Waals surface area contributed by atoms with Crippen LogP contribution in [-0.4, -0.2) is 0 Å². The van der Waals surface area contributed by atoms with Crippen LogP contribution in [0, 0.1) is 5.92 Å². The van der Waals surface area contributed by atoms with Gasteiger partial charge in [0.05, 0.1) is 0 Å². The Morgan fingerprint density at radius 3 is 2.63 bits per heavy atom. The Balaban J connectivity index is 1.87. The molecule has 1 aromatic carbocycles. The zero-order chi connectivity index (χ0) is 13.5. The molecule has 1 aliphatic carbocycles. The van der Waals surface area contributed by atoms with Gasteiger partial charge in [0.1, 0.15) is 0 Å². The van der Waals surface area contributed by atoms with Crippen LogP contribution in [0.25, 0.3) is 6.08 Å². The maximum Gasteiger partial charge on any atom is 0.0175 e. The average Bonchev–Trinajstić information content (AvgIpc) is 2.46. The number of halogens is 1. The predicted molar refractivity (Wildman–Crippen MR) is 88.1 cm³/mol. The Hall–Kier alpha value is -0.820. The molecule has 0 aromatic heterocycles. The minimum absolute atomic E-state index is 0.935. The highest BCUT2D eigenvalue weighted by molar-refractivity contribution is 9.10. The first kappa shape index (κ1) is 14.6. The first-order valence-electron chi connectivity index (χ1n) is 7.40. The molecule has 0 saturated carbocycles. The van der Waals surface area contributed by atoms with Crippen LogP contribution in [0.15, 0.2) is 46.5 Å². The fourth-order valence-corrected chi connectivity index (χ4v) is 2.86. The summed E-state index contributed by atoms with van der Waals surface area (Å²) in [6, 6.07) is 8.48. The second-order valence-electron chi connectivity index (χ2n) is 5.45. The summed E-state index contributed by atoms with van der Waals surface area (Å²) in [5, 5.41) is 0. The molecule has 1 heteroatoms. The van der Waals surface area contributed by atoms with Crippen molar-refractivity contribution in [1.82, 2.24) is 0 Å². The third-order valence-electron chi connectivity index (χ3n) is 3.88. The molecule has 0 heterocycles. The van der Waals surface area contributed by atoms with Gasteiger partial charge in [-0.05, 0) is 42.9 Å². The van der Waals surface area contributed by atoms with E-state index in [2.05, 4.69) is 65.3 Å². The minimum atomic E-state index is 0.935. The van der Waals surface area contributed by atoms with Gasteiger partial charge < -0.3 is 0 Å². The van der Waals surface area contributed by atoms with Crippen LogP contribution >= 0.6 is 15.9 Å². The maximum atomic E-state index is 3.46. The normalized spacial score (nSPS) is 19.7. The average molecular weight is 319 g/mol. The molecule has 0 spiro atoms. The Labute approximate surface area is 125 Å². The summed E-state index contributed by atoms with van der Waals surface area (Å²) in [5.41, 5.74) is 2.79. The molecule has 0 radical (unpaired) electrons. The summed E-state index contributed by atoms with van der Waals surface area (Å²) >= 11 is 3.46. The molecule has 0 saturated heterocycles. The second-order valence-corrected chi connectivity index (χ2v) is 6.36. The number of hydrogen-bond donors (Lipinski definition) is 0. The van der Waals surface area contributed by atoms with E-state index in [1.54, 1.807) is 0 Å². The largest absolute Gasteiger partial charge is 0.0810 e. The Bertz CT molecular complexity index is 439. The smallest absolute Gasteiger partial charge is 0.0175 e. The van der Waals surface area contributed by atoms with Crippen molar-refractivity contribution < 1.29 is 0 Å². The first-order chi connectivity index (χ1) is 9.28. The van der Waals surface area contributed by atoms with Gasteiger partial charge in [-0.3, -0.25) is 0 Å². The van der Waals surface area contributed by atoms with Crippen LogP contribution < -0.4 is 0 Å². The lowest BCUT2D eigenvalue weighted by Crippen LogP contribution is -2.04. The van der Waals surface area contributed by atoms with Crippen molar-refractivity contribution in [2.24, 2.45) is 5.92 Å². The zero-order valence-electron chi connectivity index (χ0n) is 11.7. The SMILES string of the molecule is CCCCC1CC=C(/C=C/c2ccc(Br)cc2)CC1. The lowest BCUT2D eigenvalue weighted by molar-refractivity contribution is 0.425. The van der Waals surface area contributed by atoms with Gasteiger partial charge in [0.15, 0.2) is 0 Å². The van der Waals surface area contributed by atoms with E-state index in [1.165, 1.54) is 49.7 Å². The summed E-state index contributed by atoms with van der Waals surface area (Å²) in [4.78, 5) is 0. The second kappa shape index (κ2) is 7.69. The van der Waals surface area contributed by atoms with Crippen molar-refractivity contribution in [3.63, 3.8) is 0 Å². The van der Waals surface area contributed by atoms with Crippen LogP contribution in [0.2, 0.25) is 0 Å². The monoisotopic (exact) mass is 318 g/mol. The highest BCUT2D eigenvalue weighted by Gasteiger charge is 2.12. The van der Waals surface area contributed by atoms with Gasteiger partial charge in [0, 0.05) is 4.47 Å². The first-order valence-corrected chi connectivity index (χ1v) is 8.20. The van der Waals surface area contributed by atoms with Crippen molar-refractivity contribution >= 4 is 22.0 Å². The minimum Gasteiger partial charge on any atom is -0.0810 e. The maximum absolute atomic E-state index is 3.46. The Morgan fingerprint density at radius 2 is 2.00 bits per heavy atom. The van der Waals surface area contributed by atoms with Crippen LogP contribution in [0.1, 0.15) is 51.0 Å². The summed E-state index contributed by atoms with van der Waals surface area (Å²) < 4.78 is 1.14. The van der Waals surface area contributed by atoms with Crippen molar-refractivity contribution in [3.8, 4) is 0 Å². The summed E-state index contributed by atoms with van der Waals surface area (Å²) in [5.74, 6) is 0.935. The molecule has 0 bridgehead atoms. The number of benzene rings is 1. The summed E-state index contributed by atoms with van der Waals surface area (Å²) in [6.07, 6.45) is 15.0. The van der Waals surface area contributed by atoms with Crippen LogP contribution in [0.4, 0.5) is 0 Å². The van der Waals surface area contributed by atoms with Gasteiger partial charge in [-0.1, -0.05) is 78.1 Å². The Morgan fingerprint density at radius 1 is 1.21 bits per heavy atom. The van der Waals surface area contributed by atoms with Crippen molar-refractivity contribution in [2.75, 3.05) is 0 Å². The quantitative estimate of drug-likeness (QED) is 0.591. The highest BCUT2D eigenvalue weighted by Crippen LogP contribution is 2.28. The molecule has 1 unspecified atom stereocenters.